The molecule has 0 bridgehead atoms. The molecule has 0 saturated heterocycles. The maximum Gasteiger partial charge on any atom is 0.0400 e. The largest absolute Gasteiger partial charge is 0.381 e. The topological polar surface area (TPSA) is 15.3 Å². The van der Waals surface area contributed by atoms with Crippen molar-refractivity contribution in [3.05, 3.63) is 58.7 Å². The SMILES string of the molecule is CN1CCc2cc(CNc3ccc4c(c3)CCC4)ccc21. The summed E-state index contributed by atoms with van der Waals surface area (Å²) in [5.41, 5.74) is 8.61. The Labute approximate surface area is 126 Å². The van der Waals surface area contributed by atoms with Gasteiger partial charge in [-0.2, -0.15) is 0 Å². The smallest absolute Gasteiger partial charge is 0.0400 e. The van der Waals surface area contributed by atoms with Gasteiger partial charge in [0.15, 0.2) is 0 Å². The minimum absolute atomic E-state index is 0.912. The first-order valence-electron chi connectivity index (χ1n) is 7.98. The number of rotatable bonds is 3. The van der Waals surface area contributed by atoms with Gasteiger partial charge in [-0.3, -0.25) is 0 Å². The summed E-state index contributed by atoms with van der Waals surface area (Å²) in [7, 11) is 2.17. The third kappa shape index (κ3) is 2.39. The van der Waals surface area contributed by atoms with Crippen LogP contribution >= 0.6 is 0 Å². The molecule has 2 nitrogen and oxygen atoms in total. The first kappa shape index (κ1) is 12.8. The van der Waals surface area contributed by atoms with Crippen LogP contribution in [0.4, 0.5) is 11.4 Å². The highest BCUT2D eigenvalue weighted by Crippen LogP contribution is 2.28. The zero-order chi connectivity index (χ0) is 14.2. The molecule has 2 heteroatoms. The number of benzene rings is 2. The Hall–Kier alpha value is -1.96. The fourth-order valence-corrected chi connectivity index (χ4v) is 3.62. The van der Waals surface area contributed by atoms with Crippen molar-refractivity contribution in [2.75, 3.05) is 23.8 Å². The van der Waals surface area contributed by atoms with Gasteiger partial charge in [0.05, 0.1) is 0 Å². The van der Waals surface area contributed by atoms with Crippen LogP contribution in [-0.4, -0.2) is 13.6 Å². The molecule has 0 aromatic heterocycles. The first-order chi connectivity index (χ1) is 10.3. The maximum atomic E-state index is 3.58. The monoisotopic (exact) mass is 278 g/mol. The molecule has 0 unspecified atom stereocenters. The van der Waals surface area contributed by atoms with Gasteiger partial charge in [-0.25, -0.2) is 0 Å². The van der Waals surface area contributed by atoms with Crippen LogP contribution in [-0.2, 0) is 25.8 Å². The Morgan fingerprint density at radius 3 is 2.81 bits per heavy atom. The van der Waals surface area contributed by atoms with Crippen LogP contribution in [0.1, 0.15) is 28.7 Å². The Morgan fingerprint density at radius 2 is 1.86 bits per heavy atom. The summed E-state index contributed by atoms with van der Waals surface area (Å²) in [6.45, 7) is 2.06. The van der Waals surface area contributed by atoms with E-state index in [9.17, 15) is 0 Å². The lowest BCUT2D eigenvalue weighted by molar-refractivity contribution is 0.912. The standard InChI is InChI=1S/C19H22N2/c1-21-10-9-17-11-14(5-8-19(17)21)13-20-18-7-6-15-3-2-4-16(15)12-18/h5-8,11-12,20H,2-4,9-10,13H2,1H3. The van der Waals surface area contributed by atoms with Gasteiger partial charge in [0.2, 0.25) is 0 Å². The summed E-state index contributed by atoms with van der Waals surface area (Å²) in [6, 6.07) is 13.7. The predicted molar refractivity (Wildman–Crippen MR) is 89.2 cm³/mol. The Balaban J connectivity index is 1.47. The molecule has 1 N–H and O–H groups in total. The number of nitrogens with one attached hydrogen (secondary N) is 1. The van der Waals surface area contributed by atoms with Crippen molar-refractivity contribution in [3.63, 3.8) is 0 Å². The number of aryl methyl sites for hydroxylation is 2. The van der Waals surface area contributed by atoms with E-state index >= 15 is 0 Å². The van der Waals surface area contributed by atoms with Crippen LogP contribution in [0, 0.1) is 0 Å². The van der Waals surface area contributed by atoms with Gasteiger partial charge in [-0.15, -0.1) is 0 Å². The third-order valence-electron chi connectivity index (χ3n) is 4.87. The average Bonchev–Trinajstić information content (AvgIpc) is 3.11. The number of fused-ring (bicyclic) bond motifs is 2. The molecule has 0 atom stereocenters. The van der Waals surface area contributed by atoms with E-state index in [2.05, 4.69) is 53.7 Å². The van der Waals surface area contributed by atoms with Gasteiger partial charge < -0.3 is 10.2 Å². The lowest BCUT2D eigenvalue weighted by atomic mass is 10.1. The molecule has 0 amide bonds. The normalized spacial score (nSPS) is 16.0. The second kappa shape index (κ2) is 5.10. The van der Waals surface area contributed by atoms with Crippen molar-refractivity contribution in [3.8, 4) is 0 Å². The van der Waals surface area contributed by atoms with E-state index in [0.717, 1.165) is 13.1 Å². The minimum Gasteiger partial charge on any atom is -0.381 e. The summed E-state index contributed by atoms with van der Waals surface area (Å²) < 4.78 is 0. The van der Waals surface area contributed by atoms with Gasteiger partial charge >= 0.3 is 0 Å². The molecule has 1 heterocycles. The summed E-state index contributed by atoms with van der Waals surface area (Å²) in [5, 5.41) is 3.58. The van der Waals surface area contributed by atoms with Crippen LogP contribution in [0.3, 0.4) is 0 Å². The van der Waals surface area contributed by atoms with Crippen molar-refractivity contribution >= 4 is 11.4 Å². The van der Waals surface area contributed by atoms with Gasteiger partial charge in [-0.05, 0) is 66.1 Å². The molecule has 1 aliphatic heterocycles. The van der Waals surface area contributed by atoms with E-state index in [1.54, 1.807) is 5.56 Å². The summed E-state index contributed by atoms with van der Waals surface area (Å²) in [6.07, 6.45) is 5.00. The Kier molecular flexibility index (Phi) is 3.10. The molecule has 108 valence electrons. The zero-order valence-corrected chi connectivity index (χ0v) is 12.7. The molecule has 0 spiro atoms. The van der Waals surface area contributed by atoms with Gasteiger partial charge in [0.1, 0.15) is 0 Å². The highest BCUT2D eigenvalue weighted by molar-refractivity contribution is 5.59. The second-order valence-electron chi connectivity index (χ2n) is 6.33. The van der Waals surface area contributed by atoms with Crippen molar-refractivity contribution < 1.29 is 0 Å². The van der Waals surface area contributed by atoms with Crippen molar-refractivity contribution in [1.29, 1.82) is 0 Å². The number of anilines is 2. The van der Waals surface area contributed by atoms with E-state index in [0.29, 0.717) is 0 Å². The first-order valence-corrected chi connectivity index (χ1v) is 7.98. The maximum absolute atomic E-state index is 3.58. The lowest BCUT2D eigenvalue weighted by Gasteiger charge is -2.13. The average molecular weight is 278 g/mol. The summed E-state index contributed by atoms with van der Waals surface area (Å²) in [4.78, 5) is 2.34. The number of hydrogen-bond donors (Lipinski definition) is 1. The highest BCUT2D eigenvalue weighted by atomic mass is 15.1. The molecule has 21 heavy (non-hydrogen) atoms. The summed E-state index contributed by atoms with van der Waals surface area (Å²) >= 11 is 0. The van der Waals surface area contributed by atoms with Crippen molar-refractivity contribution in [2.45, 2.75) is 32.2 Å². The van der Waals surface area contributed by atoms with E-state index in [-0.39, 0.29) is 0 Å². The Bertz CT molecular complexity index is 675. The van der Waals surface area contributed by atoms with Crippen LogP contribution in [0.2, 0.25) is 0 Å². The van der Waals surface area contributed by atoms with Gasteiger partial charge in [0, 0.05) is 31.5 Å². The van der Waals surface area contributed by atoms with Crippen LogP contribution in [0.15, 0.2) is 36.4 Å². The van der Waals surface area contributed by atoms with Crippen LogP contribution in [0.25, 0.3) is 0 Å². The molecular weight excluding hydrogens is 256 g/mol. The van der Waals surface area contributed by atoms with Crippen LogP contribution in [0.5, 0.6) is 0 Å². The van der Waals surface area contributed by atoms with Gasteiger partial charge in [0.25, 0.3) is 0 Å². The van der Waals surface area contributed by atoms with E-state index in [1.165, 1.54) is 53.7 Å². The molecule has 0 saturated carbocycles. The Morgan fingerprint density at radius 1 is 0.952 bits per heavy atom. The lowest BCUT2D eigenvalue weighted by Crippen LogP contribution is -2.12. The van der Waals surface area contributed by atoms with Crippen LogP contribution < -0.4 is 10.2 Å². The fraction of sp³-hybridized carbons (Fsp3) is 0.368. The van der Waals surface area contributed by atoms with E-state index in [1.807, 2.05) is 0 Å². The molecule has 2 aliphatic rings. The number of nitrogens with zero attached hydrogens (tertiary/aromatic N) is 1. The van der Waals surface area contributed by atoms with E-state index < -0.39 is 0 Å². The molecule has 0 radical (unpaired) electrons. The molecule has 2 aromatic rings. The number of likely N-dealkylation sites (N-methyl/N-ethyl adjacent to an activating group) is 1. The van der Waals surface area contributed by atoms with E-state index in [4.69, 9.17) is 0 Å². The second-order valence-corrected chi connectivity index (χ2v) is 6.33. The predicted octanol–water partition coefficient (Wildman–Crippen LogP) is 3.78. The quantitative estimate of drug-likeness (QED) is 0.919. The zero-order valence-electron chi connectivity index (χ0n) is 12.7. The minimum atomic E-state index is 0.912. The molecule has 1 aliphatic carbocycles. The molecule has 2 aromatic carbocycles. The molecule has 4 rings (SSSR count). The fourth-order valence-electron chi connectivity index (χ4n) is 3.62. The number of hydrogen-bond acceptors (Lipinski definition) is 2. The van der Waals surface area contributed by atoms with Crippen molar-refractivity contribution in [2.24, 2.45) is 0 Å². The molecule has 0 fully saturated rings. The van der Waals surface area contributed by atoms with Crippen molar-refractivity contribution in [1.82, 2.24) is 0 Å². The third-order valence-corrected chi connectivity index (χ3v) is 4.87. The molecular formula is C19H22N2. The summed E-state index contributed by atoms with van der Waals surface area (Å²) in [5.74, 6) is 0. The van der Waals surface area contributed by atoms with Gasteiger partial charge in [-0.1, -0.05) is 18.2 Å². The highest BCUT2D eigenvalue weighted by Gasteiger charge is 2.15.